The Morgan fingerprint density at radius 3 is 1.62 bits per heavy atom. The predicted octanol–water partition coefficient (Wildman–Crippen LogP) is 9.32. The molecule has 0 saturated heterocycles. The first kappa shape index (κ1) is 23.6. The molecule has 0 unspecified atom stereocenters. The van der Waals surface area contributed by atoms with Crippen LogP contribution in [-0.2, 0) is 5.41 Å². The van der Waals surface area contributed by atoms with Gasteiger partial charge in [0.05, 0.1) is 31.7 Å². The standard InChI is InChI=1S/C49H33NSSi/c1-4-17-34(18-5-1)52(35-19-6-2-7-20-35,36-21-8-3-9-22-36)37-31-32-40-45(33-37)50-44-28-13-10-23-38(44)39-24-16-27-43(48(39)50)49(40)41-25-11-14-29-46(41)51-47-30-15-12-26-42(47)49/h1-33H/i10D,13D,16D,23D,24D,27D,28D. The first-order chi connectivity index (χ1) is 28.7. The van der Waals surface area contributed by atoms with Gasteiger partial charge in [-0.3, -0.25) is 0 Å². The predicted molar refractivity (Wildman–Crippen MR) is 220 cm³/mol. The molecule has 0 N–H and O–H groups in total. The van der Waals surface area contributed by atoms with E-state index in [0.717, 1.165) is 31.7 Å². The van der Waals surface area contributed by atoms with Crippen molar-refractivity contribution in [2.75, 3.05) is 0 Å². The van der Waals surface area contributed by atoms with Gasteiger partial charge in [-0.25, -0.2) is 0 Å². The summed E-state index contributed by atoms with van der Waals surface area (Å²) in [6.07, 6.45) is 0. The van der Waals surface area contributed by atoms with Gasteiger partial charge in [0, 0.05) is 20.6 Å². The third-order valence-corrected chi connectivity index (χ3v) is 17.0. The summed E-state index contributed by atoms with van der Waals surface area (Å²) in [5, 5.41) is 5.04. The van der Waals surface area contributed by atoms with E-state index in [2.05, 4.69) is 115 Å². The van der Waals surface area contributed by atoms with E-state index in [1.54, 1.807) is 11.8 Å². The molecule has 0 saturated carbocycles. The highest BCUT2D eigenvalue weighted by Crippen LogP contribution is 2.60. The molecule has 0 radical (unpaired) electrons. The maximum atomic E-state index is 9.89. The van der Waals surface area contributed by atoms with Gasteiger partial charge < -0.3 is 4.57 Å². The van der Waals surface area contributed by atoms with Crippen LogP contribution in [0.5, 0.6) is 0 Å². The molecule has 3 heteroatoms. The highest BCUT2D eigenvalue weighted by molar-refractivity contribution is 7.99. The summed E-state index contributed by atoms with van der Waals surface area (Å²) in [7, 11) is -3.13. The number of fused-ring (bicyclic) bond motifs is 11. The average molecular weight is 703 g/mol. The van der Waals surface area contributed by atoms with Gasteiger partial charge in [0.1, 0.15) is 0 Å². The van der Waals surface area contributed by atoms with E-state index in [0.29, 0.717) is 16.8 Å². The molecule has 8 aromatic carbocycles. The first-order valence-corrected chi connectivity index (χ1v) is 20.3. The van der Waals surface area contributed by atoms with E-state index in [4.69, 9.17) is 2.74 Å². The first-order valence-electron chi connectivity index (χ1n) is 21.0. The summed E-state index contributed by atoms with van der Waals surface area (Å²) >= 11 is 1.67. The zero-order valence-electron chi connectivity index (χ0n) is 34.9. The Morgan fingerprint density at radius 1 is 0.462 bits per heavy atom. The third-order valence-electron chi connectivity index (χ3n) is 11.1. The van der Waals surface area contributed by atoms with Crippen molar-refractivity contribution in [3.63, 3.8) is 0 Å². The fraction of sp³-hybridized carbons (Fsp3) is 0.0204. The van der Waals surface area contributed by atoms with Gasteiger partial charge in [-0.15, -0.1) is 0 Å². The minimum Gasteiger partial charge on any atom is -0.309 e. The van der Waals surface area contributed by atoms with Crippen molar-refractivity contribution in [1.29, 1.82) is 0 Å². The molecular weight excluding hydrogens is 663 g/mol. The SMILES string of the molecule is [2H]c1c([2H])c([2H])c2c(c1[2H])c1c([2H])c([2H])c([2H])c3c1n2-c1cc([Si](c2ccccc2)(c2ccccc2)c2ccccc2)ccc1C31c2ccccc2Sc2ccccc21. The van der Waals surface area contributed by atoms with E-state index in [9.17, 15) is 6.85 Å². The Kier molecular flexibility index (Phi) is 5.13. The van der Waals surface area contributed by atoms with E-state index < -0.39 is 19.5 Å². The number of para-hydroxylation sites is 2. The molecule has 3 heterocycles. The molecule has 1 spiro atoms. The van der Waals surface area contributed by atoms with Crippen molar-refractivity contribution in [1.82, 2.24) is 4.57 Å². The fourth-order valence-corrected chi connectivity index (χ4v) is 15.1. The molecule has 0 aliphatic carbocycles. The molecule has 11 rings (SSSR count). The number of nitrogens with zero attached hydrogens (tertiary/aromatic N) is 1. The van der Waals surface area contributed by atoms with Crippen LogP contribution in [0.25, 0.3) is 27.5 Å². The summed E-state index contributed by atoms with van der Waals surface area (Å²) in [5.41, 5.74) is 3.49. The molecule has 0 amide bonds. The topological polar surface area (TPSA) is 4.93 Å². The van der Waals surface area contributed by atoms with Gasteiger partial charge in [-0.05, 0) is 67.2 Å². The maximum absolute atomic E-state index is 9.89. The van der Waals surface area contributed by atoms with Gasteiger partial charge in [0.2, 0.25) is 0 Å². The number of hydrogen-bond acceptors (Lipinski definition) is 1. The second-order valence-corrected chi connectivity index (χ2v) is 18.4. The molecule has 9 aromatic rings. The van der Waals surface area contributed by atoms with Crippen LogP contribution in [0.4, 0.5) is 0 Å². The molecule has 0 atom stereocenters. The van der Waals surface area contributed by atoms with Gasteiger partial charge in [-0.2, -0.15) is 0 Å². The van der Waals surface area contributed by atoms with Gasteiger partial charge in [0.25, 0.3) is 0 Å². The zero-order chi connectivity index (χ0) is 40.4. The molecule has 2 aliphatic heterocycles. The third kappa shape index (κ3) is 3.84. The average Bonchev–Trinajstić information content (AvgIpc) is 3.64. The lowest BCUT2D eigenvalue weighted by atomic mass is 9.63. The van der Waals surface area contributed by atoms with E-state index in [1.165, 1.54) is 15.6 Å². The molecular formula is C49H33NSSi. The summed E-state index contributed by atoms with van der Waals surface area (Å²) in [5.74, 6) is 0. The van der Waals surface area contributed by atoms with Crippen molar-refractivity contribution in [3.8, 4) is 5.69 Å². The van der Waals surface area contributed by atoms with Gasteiger partial charge in [0.15, 0.2) is 8.07 Å². The van der Waals surface area contributed by atoms with Crippen LogP contribution < -0.4 is 20.7 Å². The fourth-order valence-electron chi connectivity index (χ4n) is 9.10. The highest BCUT2D eigenvalue weighted by atomic mass is 32.2. The van der Waals surface area contributed by atoms with Crippen LogP contribution in [0.1, 0.15) is 31.8 Å². The molecule has 1 aromatic heterocycles. The number of rotatable bonds is 4. The Morgan fingerprint density at radius 2 is 1.00 bits per heavy atom. The monoisotopic (exact) mass is 702 g/mol. The van der Waals surface area contributed by atoms with Crippen molar-refractivity contribution < 1.29 is 9.60 Å². The van der Waals surface area contributed by atoms with E-state index in [1.807, 2.05) is 47.0 Å². The molecule has 0 bridgehead atoms. The van der Waals surface area contributed by atoms with Crippen LogP contribution in [-0.4, -0.2) is 12.6 Å². The van der Waals surface area contributed by atoms with Crippen molar-refractivity contribution >= 4 is 62.4 Å². The summed E-state index contributed by atoms with van der Waals surface area (Å²) in [4.78, 5) is 2.01. The maximum Gasteiger partial charge on any atom is 0.179 e. The molecule has 244 valence electrons. The van der Waals surface area contributed by atoms with Crippen molar-refractivity contribution in [2.45, 2.75) is 15.2 Å². The van der Waals surface area contributed by atoms with E-state index in [-0.39, 0.29) is 52.5 Å². The van der Waals surface area contributed by atoms with Gasteiger partial charge in [-0.1, -0.05) is 188 Å². The lowest BCUT2D eigenvalue weighted by Crippen LogP contribution is -2.74. The Balaban J connectivity index is 1.42. The summed E-state index contributed by atoms with van der Waals surface area (Å²) in [6, 6.07) is 53.1. The molecule has 0 fully saturated rings. The minimum absolute atomic E-state index is 0.102. The largest absolute Gasteiger partial charge is 0.309 e. The zero-order valence-corrected chi connectivity index (χ0v) is 29.7. The number of hydrogen-bond donors (Lipinski definition) is 0. The van der Waals surface area contributed by atoms with Crippen molar-refractivity contribution in [3.05, 3.63) is 222 Å². The second-order valence-electron chi connectivity index (χ2n) is 13.5. The molecule has 52 heavy (non-hydrogen) atoms. The molecule has 1 nitrogen and oxygen atoms in total. The van der Waals surface area contributed by atoms with Crippen LogP contribution in [0.3, 0.4) is 0 Å². The van der Waals surface area contributed by atoms with Crippen LogP contribution in [0.2, 0.25) is 0 Å². The number of benzene rings is 8. The quantitative estimate of drug-likeness (QED) is 0.131. The molecule has 2 aliphatic rings. The summed E-state index contributed by atoms with van der Waals surface area (Å²) in [6.45, 7) is 0. The Hall–Kier alpha value is -5.87. The second kappa shape index (κ2) is 11.3. The normalized spacial score (nSPS) is 15.7. The van der Waals surface area contributed by atoms with Crippen LogP contribution in [0.15, 0.2) is 210 Å². The minimum atomic E-state index is -3.13. The smallest absolute Gasteiger partial charge is 0.179 e. The Bertz CT molecular complexity index is 3080. The number of aromatic nitrogens is 1. The Labute approximate surface area is 318 Å². The van der Waals surface area contributed by atoms with E-state index >= 15 is 0 Å². The lowest BCUT2D eigenvalue weighted by molar-refractivity contribution is 0.690. The lowest BCUT2D eigenvalue weighted by Gasteiger charge is -2.46. The van der Waals surface area contributed by atoms with Crippen molar-refractivity contribution in [2.24, 2.45) is 0 Å². The van der Waals surface area contributed by atoms with Gasteiger partial charge >= 0.3 is 0 Å². The highest BCUT2D eigenvalue weighted by Gasteiger charge is 2.50. The summed E-state index contributed by atoms with van der Waals surface area (Å²) < 4.78 is 67.3. The van der Waals surface area contributed by atoms with Crippen LogP contribution >= 0.6 is 11.8 Å². The van der Waals surface area contributed by atoms with Crippen LogP contribution in [0, 0.1) is 0 Å².